The molecule has 0 radical (unpaired) electrons. The number of hydrogen-bond donors (Lipinski definition) is 2. The van der Waals surface area contributed by atoms with Gasteiger partial charge in [-0.2, -0.15) is 10.1 Å². The van der Waals surface area contributed by atoms with Crippen molar-refractivity contribution in [1.82, 2.24) is 15.2 Å². The van der Waals surface area contributed by atoms with Gasteiger partial charge in [0.2, 0.25) is 5.95 Å². The first-order valence-corrected chi connectivity index (χ1v) is 8.51. The summed E-state index contributed by atoms with van der Waals surface area (Å²) in [7, 11) is 0. The van der Waals surface area contributed by atoms with Gasteiger partial charge in [-0.1, -0.05) is 23.2 Å². The average molecular weight is 390 g/mol. The van der Waals surface area contributed by atoms with E-state index in [4.69, 9.17) is 32.7 Å². The van der Waals surface area contributed by atoms with E-state index in [1.807, 2.05) is 18.2 Å². The van der Waals surface area contributed by atoms with Crippen molar-refractivity contribution in [1.29, 1.82) is 0 Å². The Kier molecular flexibility index (Phi) is 4.64. The number of fused-ring (bicyclic) bond motifs is 1. The highest BCUT2D eigenvalue weighted by Crippen LogP contribution is 2.33. The third kappa shape index (κ3) is 3.74. The van der Waals surface area contributed by atoms with E-state index in [0.717, 1.165) is 11.4 Å². The molecule has 132 valence electrons. The lowest BCUT2D eigenvalue weighted by atomic mass is 10.2. The van der Waals surface area contributed by atoms with Gasteiger partial charge in [-0.05, 0) is 30.3 Å². The summed E-state index contributed by atoms with van der Waals surface area (Å²) >= 11 is 11.9. The fraction of sp³-hybridized carbons (Fsp3) is 0.118. The van der Waals surface area contributed by atoms with Crippen LogP contribution in [-0.4, -0.2) is 28.4 Å². The van der Waals surface area contributed by atoms with Gasteiger partial charge in [0.15, 0.2) is 17.3 Å². The number of rotatable bonds is 4. The number of hydrogen-bond acceptors (Lipinski definition) is 7. The van der Waals surface area contributed by atoms with Crippen LogP contribution >= 0.6 is 23.2 Å². The fourth-order valence-corrected chi connectivity index (χ4v) is 2.69. The quantitative estimate of drug-likeness (QED) is 0.682. The standard InChI is InChI=1S/C17H13Cl2N5O2/c18-12-3-1-10(7-13(12)19)22-17-23-16(9-20-24-17)21-11-2-4-14-15(8-11)26-6-5-25-14/h1-4,7-9H,5-6H2,(H2,21,22,23,24). The van der Waals surface area contributed by atoms with Crippen LogP contribution in [0.15, 0.2) is 42.6 Å². The first kappa shape index (κ1) is 16.7. The van der Waals surface area contributed by atoms with Crippen LogP contribution in [0.25, 0.3) is 0 Å². The normalized spacial score (nSPS) is 12.5. The first-order chi connectivity index (χ1) is 12.7. The molecule has 0 spiro atoms. The van der Waals surface area contributed by atoms with Crippen molar-refractivity contribution in [2.75, 3.05) is 23.8 Å². The summed E-state index contributed by atoms with van der Waals surface area (Å²) in [6.45, 7) is 1.09. The highest BCUT2D eigenvalue weighted by molar-refractivity contribution is 6.42. The zero-order valence-corrected chi connectivity index (χ0v) is 14.9. The largest absolute Gasteiger partial charge is 0.486 e. The minimum absolute atomic E-state index is 0.325. The van der Waals surface area contributed by atoms with Crippen molar-refractivity contribution in [2.24, 2.45) is 0 Å². The predicted octanol–water partition coefficient (Wildman–Crippen LogP) is 4.44. The fourth-order valence-electron chi connectivity index (χ4n) is 2.39. The molecular formula is C17H13Cl2N5O2. The predicted molar refractivity (Wildman–Crippen MR) is 100 cm³/mol. The number of benzene rings is 2. The molecular weight excluding hydrogens is 377 g/mol. The van der Waals surface area contributed by atoms with Gasteiger partial charge in [-0.25, -0.2) is 0 Å². The molecule has 26 heavy (non-hydrogen) atoms. The Balaban J connectivity index is 1.51. The molecule has 0 unspecified atom stereocenters. The summed E-state index contributed by atoms with van der Waals surface area (Å²) in [5, 5.41) is 15.0. The van der Waals surface area contributed by atoms with Crippen LogP contribution in [0.4, 0.5) is 23.1 Å². The molecule has 1 aromatic heterocycles. The average Bonchev–Trinajstić information content (AvgIpc) is 2.65. The van der Waals surface area contributed by atoms with Gasteiger partial charge in [0, 0.05) is 17.4 Å². The highest BCUT2D eigenvalue weighted by Gasteiger charge is 2.12. The van der Waals surface area contributed by atoms with E-state index in [9.17, 15) is 0 Å². The molecule has 7 nitrogen and oxygen atoms in total. The smallest absolute Gasteiger partial charge is 0.249 e. The molecule has 0 fully saturated rings. The summed E-state index contributed by atoms with van der Waals surface area (Å²) in [5.41, 5.74) is 1.51. The van der Waals surface area contributed by atoms with Gasteiger partial charge in [0.05, 0.1) is 16.2 Å². The second-order valence-corrected chi connectivity index (χ2v) is 6.22. The van der Waals surface area contributed by atoms with Gasteiger partial charge < -0.3 is 20.1 Å². The molecule has 0 aliphatic carbocycles. The zero-order chi connectivity index (χ0) is 17.9. The topological polar surface area (TPSA) is 81.2 Å². The second-order valence-electron chi connectivity index (χ2n) is 5.40. The zero-order valence-electron chi connectivity index (χ0n) is 13.4. The molecule has 0 saturated heterocycles. The summed E-state index contributed by atoms with van der Waals surface area (Å²) in [4.78, 5) is 4.38. The van der Waals surface area contributed by atoms with Gasteiger partial charge in [-0.15, -0.1) is 5.10 Å². The number of nitrogens with zero attached hydrogens (tertiary/aromatic N) is 3. The summed E-state index contributed by atoms with van der Waals surface area (Å²) in [6, 6.07) is 10.7. The van der Waals surface area contributed by atoms with E-state index in [1.54, 1.807) is 18.2 Å². The number of aromatic nitrogens is 3. The van der Waals surface area contributed by atoms with Crippen LogP contribution in [0, 0.1) is 0 Å². The molecule has 0 saturated carbocycles. The van der Waals surface area contributed by atoms with Crippen LogP contribution in [-0.2, 0) is 0 Å². The van der Waals surface area contributed by atoms with Gasteiger partial charge in [-0.3, -0.25) is 0 Å². The van der Waals surface area contributed by atoms with Gasteiger partial charge in [0.1, 0.15) is 13.2 Å². The number of nitrogens with one attached hydrogen (secondary N) is 2. The van der Waals surface area contributed by atoms with Crippen molar-refractivity contribution in [3.05, 3.63) is 52.6 Å². The summed E-state index contributed by atoms with van der Waals surface area (Å²) in [5.74, 6) is 2.27. The third-order valence-electron chi connectivity index (χ3n) is 3.55. The van der Waals surface area contributed by atoms with Crippen molar-refractivity contribution in [3.63, 3.8) is 0 Å². The minimum atomic E-state index is 0.325. The lowest BCUT2D eigenvalue weighted by molar-refractivity contribution is 0.171. The van der Waals surface area contributed by atoms with Crippen LogP contribution in [0.3, 0.4) is 0 Å². The number of anilines is 4. The Morgan fingerprint density at radius 2 is 1.62 bits per heavy atom. The molecule has 2 aromatic carbocycles. The van der Waals surface area contributed by atoms with Crippen molar-refractivity contribution in [2.45, 2.75) is 0 Å². The van der Waals surface area contributed by atoms with E-state index >= 15 is 0 Å². The second kappa shape index (κ2) is 7.23. The SMILES string of the molecule is Clc1ccc(Nc2nncc(Nc3ccc4c(c3)OCCO4)n2)cc1Cl. The molecule has 0 amide bonds. The summed E-state index contributed by atoms with van der Waals surface area (Å²) < 4.78 is 11.1. The highest BCUT2D eigenvalue weighted by atomic mass is 35.5. The van der Waals surface area contributed by atoms with Crippen molar-refractivity contribution >= 4 is 46.3 Å². The number of halogens is 2. The summed E-state index contributed by atoms with van der Waals surface area (Å²) in [6.07, 6.45) is 1.52. The molecule has 1 aliphatic rings. The maximum absolute atomic E-state index is 6.01. The Bertz CT molecular complexity index is 954. The van der Waals surface area contributed by atoms with Crippen LogP contribution in [0.2, 0.25) is 10.0 Å². The maximum atomic E-state index is 6.01. The molecule has 2 N–H and O–H groups in total. The minimum Gasteiger partial charge on any atom is -0.486 e. The van der Waals surface area contributed by atoms with E-state index in [1.165, 1.54) is 6.20 Å². The Morgan fingerprint density at radius 1 is 0.846 bits per heavy atom. The first-order valence-electron chi connectivity index (χ1n) is 7.76. The van der Waals surface area contributed by atoms with E-state index < -0.39 is 0 Å². The molecule has 1 aliphatic heterocycles. The van der Waals surface area contributed by atoms with Gasteiger partial charge in [0.25, 0.3) is 0 Å². The lowest BCUT2D eigenvalue weighted by Crippen LogP contribution is -2.15. The van der Waals surface area contributed by atoms with E-state index in [0.29, 0.717) is 46.5 Å². The Labute approximate surface area is 159 Å². The van der Waals surface area contributed by atoms with Crippen molar-refractivity contribution in [3.8, 4) is 11.5 Å². The van der Waals surface area contributed by atoms with E-state index in [2.05, 4.69) is 25.8 Å². The number of ether oxygens (including phenoxy) is 2. The molecule has 0 atom stereocenters. The molecule has 4 rings (SSSR count). The van der Waals surface area contributed by atoms with Crippen molar-refractivity contribution < 1.29 is 9.47 Å². The Hall–Kier alpha value is -2.77. The molecule has 3 aromatic rings. The monoisotopic (exact) mass is 389 g/mol. The van der Waals surface area contributed by atoms with E-state index in [-0.39, 0.29) is 0 Å². The molecule has 2 heterocycles. The third-order valence-corrected chi connectivity index (χ3v) is 4.29. The van der Waals surface area contributed by atoms with Gasteiger partial charge >= 0.3 is 0 Å². The molecule has 0 bridgehead atoms. The van der Waals surface area contributed by atoms with Crippen LogP contribution in [0.5, 0.6) is 11.5 Å². The maximum Gasteiger partial charge on any atom is 0.249 e. The van der Waals surface area contributed by atoms with Crippen LogP contribution < -0.4 is 20.1 Å². The van der Waals surface area contributed by atoms with Crippen LogP contribution in [0.1, 0.15) is 0 Å². The Morgan fingerprint density at radius 3 is 2.46 bits per heavy atom. The lowest BCUT2D eigenvalue weighted by Gasteiger charge is -2.19. The molecule has 9 heteroatoms.